The molecule has 19 nitrogen and oxygen atoms in total. The number of carbonyl (C=O) groups excluding carboxylic acids is 4. The fraction of sp³-hybridized carbons (Fsp3) is 0.773. The smallest absolute Gasteiger partial charge is 0.351 e. The number of ether oxygens (including phenoxy) is 5. The highest BCUT2D eigenvalue weighted by Crippen LogP contribution is 2.45. The third-order valence-corrected chi connectivity index (χ3v) is 18.2. The SMILES string of the molecule is CC(=O)/C=C/c1cn([C@@H]2OC(CO[Si](OC(C)(C)CCC(=O)NCCOCCOCCNC(=O)CCCC[C@@H]3SC[C@H]4NC(=O)N[C@@H]34)(C(C)C)C(C)C)[C@@H]3OC(C)(C)O[C@H]23)c(=O)nc1N. The molecule has 0 bridgehead atoms. The summed E-state index contributed by atoms with van der Waals surface area (Å²) in [5.74, 6) is -0.327. The number of aromatic nitrogens is 2. The third kappa shape index (κ3) is 14.8. The molecule has 0 spiro atoms. The van der Waals surface area contributed by atoms with Crippen molar-refractivity contribution in [2.45, 2.75) is 165 Å². The van der Waals surface area contributed by atoms with Crippen molar-refractivity contribution in [1.29, 1.82) is 0 Å². The van der Waals surface area contributed by atoms with Crippen LogP contribution in [0, 0.1) is 0 Å². The van der Waals surface area contributed by atoms with E-state index < -0.39 is 50.2 Å². The lowest BCUT2D eigenvalue weighted by atomic mass is 10.0. The zero-order valence-corrected chi connectivity index (χ0v) is 41.4. The Morgan fingerprint density at radius 2 is 1.65 bits per heavy atom. The van der Waals surface area contributed by atoms with Crippen molar-refractivity contribution in [3.8, 4) is 0 Å². The Bertz CT molecular complexity index is 1870. The number of amides is 4. The molecule has 0 saturated carbocycles. The summed E-state index contributed by atoms with van der Waals surface area (Å²) in [6.45, 7) is 19.6. The molecule has 4 saturated heterocycles. The Hall–Kier alpha value is -3.41. The Morgan fingerprint density at radius 1 is 1.00 bits per heavy atom. The number of carbonyl (C=O) groups is 4. The van der Waals surface area contributed by atoms with Gasteiger partial charge in [-0.3, -0.25) is 19.0 Å². The van der Waals surface area contributed by atoms with Gasteiger partial charge in [0.05, 0.1) is 50.7 Å². The number of nitrogens with one attached hydrogen (secondary N) is 4. The van der Waals surface area contributed by atoms with Gasteiger partial charge in [-0.15, -0.1) is 0 Å². The average molecular weight is 952 g/mol. The van der Waals surface area contributed by atoms with Crippen LogP contribution in [-0.4, -0.2) is 141 Å². The molecular formula is C44H73N7O12SSi. The number of fused-ring (bicyclic) bond motifs is 2. The van der Waals surface area contributed by atoms with Crippen LogP contribution in [-0.2, 0) is 46.9 Å². The first-order valence-electron chi connectivity index (χ1n) is 23.0. The van der Waals surface area contributed by atoms with Crippen LogP contribution in [0.25, 0.3) is 6.08 Å². The molecule has 65 heavy (non-hydrogen) atoms. The van der Waals surface area contributed by atoms with Gasteiger partial charge in [0.15, 0.2) is 17.8 Å². The summed E-state index contributed by atoms with van der Waals surface area (Å²) < 4.78 is 45.5. The van der Waals surface area contributed by atoms with Crippen LogP contribution < -0.4 is 32.7 Å². The standard InChI is InChI=1S/C44H73N7O12SSi/c1-27(2)65(28(3)4,59-25-32-37-38(62-44(8,9)61-37)40(60-32)51-24-30(15-14-29(5)52)39(45)50-42(51)56)63-43(6,7)17-16-35(54)47-19-21-58-23-22-57-20-18-46-34(53)13-11-10-12-33-36-31(26-64-33)48-41(55)49-36/h14-15,24,27-28,31-33,36-38,40H,10-13,16-23,25-26H2,1-9H3,(H,46,53)(H,47,54)(H2,45,50,56)(H2,48,49,55)/b15-14+/t31-,32?,33+,36-,37+,38+,40-/m1/s1. The summed E-state index contributed by atoms with van der Waals surface area (Å²) >= 11 is 1.88. The van der Waals surface area contributed by atoms with E-state index in [1.807, 2.05) is 25.6 Å². The van der Waals surface area contributed by atoms with Gasteiger partial charge in [-0.25, -0.2) is 9.59 Å². The molecule has 1 unspecified atom stereocenters. The second-order valence-electron chi connectivity index (χ2n) is 18.8. The van der Waals surface area contributed by atoms with Crippen LogP contribution in [0.1, 0.15) is 113 Å². The molecule has 0 aliphatic carbocycles. The Kier molecular flexibility index (Phi) is 19.0. The normalized spacial score (nSPS) is 25.0. The minimum absolute atomic E-state index is 0.00524. The molecule has 4 fully saturated rings. The van der Waals surface area contributed by atoms with E-state index in [1.54, 1.807) is 13.8 Å². The van der Waals surface area contributed by atoms with Gasteiger partial charge in [0.1, 0.15) is 24.1 Å². The van der Waals surface area contributed by atoms with Gasteiger partial charge in [-0.1, -0.05) is 34.1 Å². The van der Waals surface area contributed by atoms with Gasteiger partial charge in [0, 0.05) is 48.7 Å². The minimum atomic E-state index is -3.04. The predicted molar refractivity (Wildman–Crippen MR) is 248 cm³/mol. The molecule has 4 aliphatic rings. The number of unbranched alkanes of at least 4 members (excludes halogenated alkanes) is 1. The number of urea groups is 1. The van der Waals surface area contributed by atoms with Gasteiger partial charge in [-0.2, -0.15) is 16.7 Å². The summed E-state index contributed by atoms with van der Waals surface area (Å²) in [5.41, 5.74) is 5.11. The number of thioether (sulfide) groups is 1. The molecule has 21 heteroatoms. The highest BCUT2D eigenvalue weighted by atomic mass is 32.2. The van der Waals surface area contributed by atoms with E-state index in [9.17, 15) is 24.0 Å². The number of rotatable bonds is 27. The predicted octanol–water partition coefficient (Wildman–Crippen LogP) is 3.69. The van der Waals surface area contributed by atoms with E-state index in [0.717, 1.165) is 25.0 Å². The van der Waals surface area contributed by atoms with Crippen LogP contribution in [0.2, 0.25) is 11.1 Å². The van der Waals surface area contributed by atoms with Crippen LogP contribution in [0.4, 0.5) is 10.6 Å². The van der Waals surface area contributed by atoms with Crippen molar-refractivity contribution < 1.29 is 51.7 Å². The number of nitrogens with zero attached hydrogens (tertiary/aromatic N) is 2. The molecule has 1 aromatic heterocycles. The molecule has 0 aromatic carbocycles. The molecular weight excluding hydrogens is 879 g/mol. The summed E-state index contributed by atoms with van der Waals surface area (Å²) in [6, 6.07) is 0.331. The van der Waals surface area contributed by atoms with Crippen molar-refractivity contribution in [3.63, 3.8) is 0 Å². The summed E-state index contributed by atoms with van der Waals surface area (Å²) in [5, 5.41) is 12.2. The number of hydrogen-bond donors (Lipinski definition) is 5. The van der Waals surface area contributed by atoms with E-state index in [1.165, 1.54) is 29.8 Å². The molecule has 0 radical (unpaired) electrons. The average Bonchev–Trinajstić information content (AvgIpc) is 3.96. The summed E-state index contributed by atoms with van der Waals surface area (Å²) in [4.78, 5) is 65.4. The van der Waals surface area contributed by atoms with Gasteiger partial charge in [0.25, 0.3) is 0 Å². The topological polar surface area (TPSA) is 242 Å². The molecule has 5 rings (SSSR count). The number of allylic oxidation sites excluding steroid dienone is 1. The highest BCUT2D eigenvalue weighted by Gasteiger charge is 2.58. The molecule has 5 heterocycles. The molecule has 4 amide bonds. The Balaban J connectivity index is 0.989. The van der Waals surface area contributed by atoms with E-state index in [2.05, 4.69) is 53.9 Å². The van der Waals surface area contributed by atoms with Gasteiger partial charge >= 0.3 is 20.3 Å². The third-order valence-electron chi connectivity index (χ3n) is 12.0. The lowest BCUT2D eigenvalue weighted by Gasteiger charge is -2.44. The van der Waals surface area contributed by atoms with Crippen LogP contribution in [0.3, 0.4) is 0 Å². The number of hydrogen-bond acceptors (Lipinski definition) is 15. The largest absolute Gasteiger partial charge is 0.391 e. The number of nitrogens with two attached hydrogens (primary N) is 1. The molecule has 4 aliphatic heterocycles. The first-order valence-corrected chi connectivity index (χ1v) is 26.0. The molecule has 1 aromatic rings. The number of nitrogen functional groups attached to an aromatic ring is 1. The first kappa shape index (κ1) is 52.6. The van der Waals surface area contributed by atoms with E-state index in [0.29, 0.717) is 63.2 Å². The van der Waals surface area contributed by atoms with Gasteiger partial charge in [0.2, 0.25) is 11.8 Å². The maximum absolute atomic E-state index is 13.2. The van der Waals surface area contributed by atoms with Crippen molar-refractivity contribution >= 4 is 55.8 Å². The fourth-order valence-electron chi connectivity index (χ4n) is 8.70. The quantitative estimate of drug-likeness (QED) is 0.0366. The summed E-state index contributed by atoms with van der Waals surface area (Å²) in [7, 11) is -3.04. The van der Waals surface area contributed by atoms with Crippen LogP contribution in [0.15, 0.2) is 17.1 Å². The van der Waals surface area contributed by atoms with Crippen molar-refractivity contribution in [2.24, 2.45) is 0 Å². The second-order valence-corrected chi connectivity index (χ2v) is 24.4. The van der Waals surface area contributed by atoms with Gasteiger partial charge < -0.3 is 59.5 Å². The number of anilines is 1. The molecule has 6 N–H and O–H groups in total. The highest BCUT2D eigenvalue weighted by molar-refractivity contribution is 8.00. The minimum Gasteiger partial charge on any atom is -0.391 e. The monoisotopic (exact) mass is 951 g/mol. The van der Waals surface area contributed by atoms with Crippen LogP contribution >= 0.6 is 11.8 Å². The zero-order valence-electron chi connectivity index (χ0n) is 39.6. The van der Waals surface area contributed by atoms with Crippen molar-refractivity contribution in [1.82, 2.24) is 30.8 Å². The second kappa shape index (κ2) is 23.5. The first-order chi connectivity index (χ1) is 30.7. The maximum Gasteiger partial charge on any atom is 0.351 e. The summed E-state index contributed by atoms with van der Waals surface area (Å²) in [6.07, 6.45) is 5.47. The lowest BCUT2D eigenvalue weighted by molar-refractivity contribution is -0.200. The van der Waals surface area contributed by atoms with Crippen molar-refractivity contribution in [3.05, 3.63) is 28.3 Å². The molecule has 366 valence electrons. The van der Waals surface area contributed by atoms with E-state index >= 15 is 0 Å². The lowest BCUT2D eigenvalue weighted by Crippen LogP contribution is -2.55. The maximum atomic E-state index is 13.2. The van der Waals surface area contributed by atoms with Crippen LogP contribution in [0.5, 0.6) is 0 Å². The van der Waals surface area contributed by atoms with Gasteiger partial charge in [-0.05, 0) is 77.1 Å². The molecule has 7 atom stereocenters. The number of ketones is 1. The Labute approximate surface area is 388 Å². The van der Waals surface area contributed by atoms with E-state index in [4.69, 9.17) is 38.3 Å². The van der Waals surface area contributed by atoms with Crippen molar-refractivity contribution in [2.75, 3.05) is 57.6 Å². The fourth-order valence-corrected chi connectivity index (χ4v) is 14.2. The van der Waals surface area contributed by atoms with E-state index in [-0.39, 0.29) is 65.6 Å². The Morgan fingerprint density at radius 3 is 2.29 bits per heavy atom. The zero-order chi connectivity index (χ0) is 47.5.